The molecule has 0 saturated heterocycles. The van der Waals surface area contributed by atoms with Crippen LogP contribution in [-0.2, 0) is 18.0 Å². The molecule has 1 atom stereocenters. The SMILES string of the molecule is O=C(Nc1ccc2c(c1)COC2)N[C@H](CO)c1ccccc1. The van der Waals surface area contributed by atoms with Gasteiger partial charge in [0.2, 0.25) is 0 Å². The lowest BCUT2D eigenvalue weighted by molar-refractivity contribution is 0.134. The molecule has 0 aliphatic carbocycles. The summed E-state index contributed by atoms with van der Waals surface area (Å²) in [4.78, 5) is 12.1. The lowest BCUT2D eigenvalue weighted by atomic mass is 10.1. The third kappa shape index (κ3) is 3.27. The second-order valence-corrected chi connectivity index (χ2v) is 5.22. The summed E-state index contributed by atoms with van der Waals surface area (Å²) >= 11 is 0. The third-order valence-corrected chi connectivity index (χ3v) is 3.67. The number of aliphatic hydroxyl groups is 1. The van der Waals surface area contributed by atoms with Crippen LogP contribution in [0, 0.1) is 0 Å². The van der Waals surface area contributed by atoms with Gasteiger partial charge in [-0.15, -0.1) is 0 Å². The van der Waals surface area contributed by atoms with Crippen LogP contribution in [0.1, 0.15) is 22.7 Å². The highest BCUT2D eigenvalue weighted by Crippen LogP contribution is 2.23. The Morgan fingerprint density at radius 1 is 1.14 bits per heavy atom. The van der Waals surface area contributed by atoms with E-state index >= 15 is 0 Å². The summed E-state index contributed by atoms with van der Waals surface area (Å²) in [6, 6.07) is 14.3. The summed E-state index contributed by atoms with van der Waals surface area (Å²) in [6.45, 7) is 1.05. The molecule has 0 spiro atoms. The first-order chi connectivity index (χ1) is 10.8. The van der Waals surface area contributed by atoms with E-state index < -0.39 is 6.04 Å². The molecule has 0 unspecified atom stereocenters. The summed E-state index contributed by atoms with van der Waals surface area (Å²) < 4.78 is 5.35. The predicted octanol–water partition coefficient (Wildman–Crippen LogP) is 2.57. The van der Waals surface area contributed by atoms with Gasteiger partial charge in [0, 0.05) is 5.69 Å². The van der Waals surface area contributed by atoms with Gasteiger partial charge in [-0.1, -0.05) is 36.4 Å². The Balaban J connectivity index is 1.64. The van der Waals surface area contributed by atoms with Crippen LogP contribution in [0.2, 0.25) is 0 Å². The maximum absolute atomic E-state index is 12.1. The van der Waals surface area contributed by atoms with Crippen molar-refractivity contribution in [1.29, 1.82) is 0 Å². The monoisotopic (exact) mass is 298 g/mol. The Morgan fingerprint density at radius 2 is 1.91 bits per heavy atom. The van der Waals surface area contributed by atoms with Crippen molar-refractivity contribution in [2.24, 2.45) is 0 Å². The molecule has 3 rings (SSSR count). The largest absolute Gasteiger partial charge is 0.394 e. The highest BCUT2D eigenvalue weighted by Gasteiger charge is 2.15. The van der Waals surface area contributed by atoms with E-state index in [1.807, 2.05) is 48.5 Å². The number of urea groups is 1. The van der Waals surface area contributed by atoms with Gasteiger partial charge in [0.25, 0.3) is 0 Å². The number of nitrogens with one attached hydrogen (secondary N) is 2. The zero-order valence-corrected chi connectivity index (χ0v) is 12.1. The van der Waals surface area contributed by atoms with Crippen molar-refractivity contribution in [1.82, 2.24) is 5.32 Å². The predicted molar refractivity (Wildman–Crippen MR) is 83.4 cm³/mol. The molecule has 2 aromatic rings. The number of hydrogen-bond donors (Lipinski definition) is 3. The fourth-order valence-corrected chi connectivity index (χ4v) is 2.49. The number of amides is 2. The van der Waals surface area contributed by atoms with E-state index in [1.54, 1.807) is 0 Å². The maximum atomic E-state index is 12.1. The third-order valence-electron chi connectivity index (χ3n) is 3.67. The van der Waals surface area contributed by atoms with E-state index in [9.17, 15) is 9.90 Å². The molecule has 3 N–H and O–H groups in total. The molecule has 0 saturated carbocycles. The molecule has 22 heavy (non-hydrogen) atoms. The molecule has 1 heterocycles. The number of aliphatic hydroxyl groups excluding tert-OH is 1. The molecule has 2 aromatic carbocycles. The summed E-state index contributed by atoms with van der Waals surface area (Å²) in [6.07, 6.45) is 0. The van der Waals surface area contributed by atoms with Crippen molar-refractivity contribution >= 4 is 11.7 Å². The van der Waals surface area contributed by atoms with Crippen LogP contribution in [0.25, 0.3) is 0 Å². The molecule has 114 valence electrons. The van der Waals surface area contributed by atoms with E-state index in [2.05, 4.69) is 10.6 Å². The molecule has 5 nitrogen and oxygen atoms in total. The highest BCUT2D eigenvalue weighted by atomic mass is 16.5. The lowest BCUT2D eigenvalue weighted by Crippen LogP contribution is -2.34. The van der Waals surface area contributed by atoms with Crippen molar-refractivity contribution in [3.63, 3.8) is 0 Å². The Kier molecular flexibility index (Phi) is 4.37. The number of ether oxygens (including phenoxy) is 1. The Bertz CT molecular complexity index is 658. The van der Waals surface area contributed by atoms with Gasteiger partial charge < -0.3 is 20.5 Å². The van der Waals surface area contributed by atoms with E-state index in [4.69, 9.17) is 4.74 Å². The van der Waals surface area contributed by atoms with Gasteiger partial charge >= 0.3 is 6.03 Å². The maximum Gasteiger partial charge on any atom is 0.319 e. The van der Waals surface area contributed by atoms with Crippen LogP contribution in [-0.4, -0.2) is 17.7 Å². The molecule has 0 aromatic heterocycles. The summed E-state index contributed by atoms with van der Waals surface area (Å²) in [7, 11) is 0. The normalized spacial score (nSPS) is 14.2. The number of hydrogen-bond acceptors (Lipinski definition) is 3. The van der Waals surface area contributed by atoms with E-state index in [1.165, 1.54) is 0 Å². The van der Waals surface area contributed by atoms with Crippen LogP contribution in [0.4, 0.5) is 10.5 Å². The number of benzene rings is 2. The smallest absolute Gasteiger partial charge is 0.319 e. The molecule has 1 aliphatic heterocycles. The van der Waals surface area contributed by atoms with Crippen molar-refractivity contribution in [2.45, 2.75) is 19.3 Å². The zero-order chi connectivity index (χ0) is 15.4. The first-order valence-corrected chi connectivity index (χ1v) is 7.19. The van der Waals surface area contributed by atoms with E-state index in [0.717, 1.165) is 16.7 Å². The average Bonchev–Trinajstić information content (AvgIpc) is 3.01. The average molecular weight is 298 g/mol. The molecule has 1 aliphatic rings. The van der Waals surface area contributed by atoms with Gasteiger partial charge in [-0.05, 0) is 28.8 Å². The quantitative estimate of drug-likeness (QED) is 0.812. The summed E-state index contributed by atoms with van der Waals surface area (Å²) in [5.41, 5.74) is 3.83. The zero-order valence-electron chi connectivity index (χ0n) is 12.1. The number of carbonyl (C=O) groups excluding carboxylic acids is 1. The van der Waals surface area contributed by atoms with Crippen LogP contribution in [0.5, 0.6) is 0 Å². The van der Waals surface area contributed by atoms with Crippen molar-refractivity contribution in [3.8, 4) is 0 Å². The number of rotatable bonds is 4. The topological polar surface area (TPSA) is 70.6 Å². The van der Waals surface area contributed by atoms with Gasteiger partial charge in [0.05, 0.1) is 25.9 Å². The van der Waals surface area contributed by atoms with Crippen LogP contribution >= 0.6 is 0 Å². The van der Waals surface area contributed by atoms with E-state index in [0.29, 0.717) is 18.9 Å². The molecule has 5 heteroatoms. The molecule has 2 amide bonds. The second-order valence-electron chi connectivity index (χ2n) is 5.22. The molecule has 0 radical (unpaired) electrons. The van der Waals surface area contributed by atoms with Crippen molar-refractivity contribution in [2.75, 3.05) is 11.9 Å². The summed E-state index contributed by atoms with van der Waals surface area (Å²) in [5, 5.41) is 15.0. The van der Waals surface area contributed by atoms with Gasteiger partial charge in [0.1, 0.15) is 0 Å². The second kappa shape index (κ2) is 6.60. The van der Waals surface area contributed by atoms with Crippen molar-refractivity contribution < 1.29 is 14.6 Å². The van der Waals surface area contributed by atoms with E-state index in [-0.39, 0.29) is 12.6 Å². The molecular weight excluding hydrogens is 280 g/mol. The number of carbonyl (C=O) groups is 1. The molecular formula is C17H18N2O3. The Labute approximate surface area is 128 Å². The standard InChI is InChI=1S/C17H18N2O3/c20-9-16(12-4-2-1-3-5-12)19-17(21)18-15-7-6-13-10-22-11-14(13)8-15/h1-8,16,20H,9-11H2,(H2,18,19,21)/t16-/m1/s1. The van der Waals surface area contributed by atoms with Crippen LogP contribution in [0.3, 0.4) is 0 Å². The fraction of sp³-hybridized carbons (Fsp3) is 0.235. The Hall–Kier alpha value is -2.37. The first-order valence-electron chi connectivity index (χ1n) is 7.19. The van der Waals surface area contributed by atoms with Crippen LogP contribution in [0.15, 0.2) is 48.5 Å². The molecule has 0 bridgehead atoms. The molecule has 0 fully saturated rings. The highest BCUT2D eigenvalue weighted by molar-refractivity contribution is 5.89. The minimum absolute atomic E-state index is 0.157. The van der Waals surface area contributed by atoms with Gasteiger partial charge in [-0.3, -0.25) is 0 Å². The number of anilines is 1. The fourth-order valence-electron chi connectivity index (χ4n) is 2.49. The van der Waals surface area contributed by atoms with Crippen LogP contribution < -0.4 is 10.6 Å². The minimum Gasteiger partial charge on any atom is -0.394 e. The van der Waals surface area contributed by atoms with Gasteiger partial charge in [-0.25, -0.2) is 4.79 Å². The number of fused-ring (bicyclic) bond motifs is 1. The van der Waals surface area contributed by atoms with Crippen molar-refractivity contribution in [3.05, 3.63) is 65.2 Å². The lowest BCUT2D eigenvalue weighted by Gasteiger charge is -2.17. The van der Waals surface area contributed by atoms with Gasteiger partial charge in [0.15, 0.2) is 0 Å². The Morgan fingerprint density at radius 3 is 2.68 bits per heavy atom. The first kappa shape index (κ1) is 14.6. The minimum atomic E-state index is -0.432. The van der Waals surface area contributed by atoms with Gasteiger partial charge in [-0.2, -0.15) is 0 Å². The summed E-state index contributed by atoms with van der Waals surface area (Å²) in [5.74, 6) is 0.